The number of hydrogen-bond donors (Lipinski definition) is 0. The molecule has 0 aliphatic carbocycles. The Morgan fingerprint density at radius 3 is 2.58 bits per heavy atom. The molecule has 0 saturated carbocycles. The molecule has 0 amide bonds. The summed E-state index contributed by atoms with van der Waals surface area (Å²) in [5.41, 5.74) is 1.72. The van der Waals surface area contributed by atoms with Gasteiger partial charge in [-0.05, 0) is 31.0 Å². The molecule has 1 aromatic heterocycles. The van der Waals surface area contributed by atoms with Crippen LogP contribution in [0.5, 0.6) is 5.75 Å². The van der Waals surface area contributed by atoms with Gasteiger partial charge < -0.3 is 14.6 Å². The van der Waals surface area contributed by atoms with Crippen molar-refractivity contribution in [2.24, 2.45) is 0 Å². The minimum absolute atomic E-state index is 0.167. The maximum Gasteiger partial charge on any atom is 0.140 e. The number of carbonyl (C=O) groups is 1. The van der Waals surface area contributed by atoms with E-state index in [1.165, 1.54) is 5.56 Å². The standard InChI is InChI=1S/C14H15NO3S/c1-3-10-4-6-11(7-5-10)18-8-12-15-9(2)13(19-12)14(16)17/h4-7H,3,8H2,1-2H3,(H,16,17)/p-1. The molecule has 0 aliphatic heterocycles. The number of aryl methyl sites for hydroxylation is 2. The lowest BCUT2D eigenvalue weighted by atomic mass is 10.2. The zero-order chi connectivity index (χ0) is 13.8. The largest absolute Gasteiger partial charge is 0.544 e. The molecule has 100 valence electrons. The van der Waals surface area contributed by atoms with E-state index in [1.54, 1.807) is 6.92 Å². The Kier molecular flexibility index (Phi) is 4.16. The van der Waals surface area contributed by atoms with E-state index in [-0.39, 0.29) is 11.5 Å². The number of hydrogen-bond acceptors (Lipinski definition) is 5. The molecule has 0 bridgehead atoms. The summed E-state index contributed by atoms with van der Waals surface area (Å²) in [5.74, 6) is -0.436. The number of nitrogens with zero attached hydrogens (tertiary/aromatic N) is 1. The van der Waals surface area contributed by atoms with Crippen LogP contribution in [0.3, 0.4) is 0 Å². The summed E-state index contributed by atoms with van der Waals surface area (Å²) in [7, 11) is 0. The van der Waals surface area contributed by atoms with Crippen molar-refractivity contribution in [2.45, 2.75) is 26.9 Å². The fourth-order valence-corrected chi connectivity index (χ4v) is 2.48. The van der Waals surface area contributed by atoms with Gasteiger partial charge in [0.1, 0.15) is 17.4 Å². The van der Waals surface area contributed by atoms with E-state index in [9.17, 15) is 9.90 Å². The van der Waals surface area contributed by atoms with Crippen LogP contribution in [0.2, 0.25) is 0 Å². The summed E-state index contributed by atoms with van der Waals surface area (Å²) in [6.45, 7) is 4.01. The van der Waals surface area contributed by atoms with E-state index in [1.807, 2.05) is 24.3 Å². The second-order valence-corrected chi connectivity index (χ2v) is 5.18. The average molecular weight is 276 g/mol. The van der Waals surface area contributed by atoms with E-state index in [0.29, 0.717) is 10.7 Å². The lowest BCUT2D eigenvalue weighted by molar-refractivity contribution is -0.254. The number of thiazole rings is 1. The first-order valence-electron chi connectivity index (χ1n) is 5.99. The molecule has 0 aliphatic rings. The van der Waals surface area contributed by atoms with E-state index < -0.39 is 5.97 Å². The van der Waals surface area contributed by atoms with Crippen LogP contribution < -0.4 is 9.84 Å². The molecule has 0 unspecified atom stereocenters. The number of ether oxygens (including phenoxy) is 1. The van der Waals surface area contributed by atoms with Gasteiger partial charge in [0.2, 0.25) is 0 Å². The first-order valence-corrected chi connectivity index (χ1v) is 6.81. The van der Waals surface area contributed by atoms with E-state index in [0.717, 1.165) is 23.5 Å². The number of rotatable bonds is 5. The molecule has 19 heavy (non-hydrogen) atoms. The van der Waals surface area contributed by atoms with Gasteiger partial charge in [0.25, 0.3) is 0 Å². The molecule has 2 rings (SSSR count). The maximum atomic E-state index is 10.8. The third kappa shape index (κ3) is 3.32. The van der Waals surface area contributed by atoms with Crippen LogP contribution in [0.25, 0.3) is 0 Å². The monoisotopic (exact) mass is 276 g/mol. The summed E-state index contributed by atoms with van der Waals surface area (Å²) in [5, 5.41) is 11.4. The average Bonchev–Trinajstić information content (AvgIpc) is 2.78. The summed E-state index contributed by atoms with van der Waals surface area (Å²) < 4.78 is 5.57. The third-order valence-electron chi connectivity index (χ3n) is 2.72. The molecular formula is C14H14NO3S-. The van der Waals surface area contributed by atoms with Crippen molar-refractivity contribution in [2.75, 3.05) is 0 Å². The molecule has 0 spiro atoms. The molecule has 0 fully saturated rings. The van der Waals surface area contributed by atoms with Crippen molar-refractivity contribution >= 4 is 17.3 Å². The van der Waals surface area contributed by atoms with E-state index in [4.69, 9.17) is 4.74 Å². The maximum absolute atomic E-state index is 10.8. The quantitative estimate of drug-likeness (QED) is 0.837. The highest BCUT2D eigenvalue weighted by molar-refractivity contribution is 7.13. The van der Waals surface area contributed by atoms with Crippen molar-refractivity contribution in [1.82, 2.24) is 4.98 Å². The van der Waals surface area contributed by atoms with Crippen LogP contribution in [0, 0.1) is 6.92 Å². The van der Waals surface area contributed by atoms with Crippen molar-refractivity contribution < 1.29 is 14.6 Å². The lowest BCUT2D eigenvalue weighted by Crippen LogP contribution is -2.21. The summed E-state index contributed by atoms with van der Waals surface area (Å²) in [4.78, 5) is 15.1. The van der Waals surface area contributed by atoms with Gasteiger partial charge in [0, 0.05) is 0 Å². The summed E-state index contributed by atoms with van der Waals surface area (Å²) >= 11 is 1.10. The number of carboxylic acids is 1. The van der Waals surface area contributed by atoms with Gasteiger partial charge >= 0.3 is 0 Å². The Balaban J connectivity index is 2.01. The van der Waals surface area contributed by atoms with Crippen molar-refractivity contribution in [3.05, 3.63) is 45.4 Å². The van der Waals surface area contributed by atoms with Gasteiger partial charge in [-0.3, -0.25) is 0 Å². The first kappa shape index (κ1) is 13.5. The van der Waals surface area contributed by atoms with E-state index >= 15 is 0 Å². The fourth-order valence-electron chi connectivity index (χ4n) is 1.67. The Hall–Kier alpha value is -1.88. The van der Waals surface area contributed by atoms with Crippen LogP contribution in [-0.4, -0.2) is 11.0 Å². The third-order valence-corrected chi connectivity index (χ3v) is 3.83. The van der Waals surface area contributed by atoms with Gasteiger partial charge in [-0.2, -0.15) is 0 Å². The molecule has 0 N–H and O–H groups in total. The Bertz CT molecular complexity index is 575. The summed E-state index contributed by atoms with van der Waals surface area (Å²) in [6, 6.07) is 7.82. The predicted molar refractivity (Wildman–Crippen MR) is 71.3 cm³/mol. The van der Waals surface area contributed by atoms with Crippen LogP contribution in [0.15, 0.2) is 24.3 Å². The van der Waals surface area contributed by atoms with Crippen LogP contribution in [0.1, 0.15) is 32.9 Å². The molecule has 4 nitrogen and oxygen atoms in total. The normalized spacial score (nSPS) is 10.4. The smallest absolute Gasteiger partial charge is 0.140 e. The van der Waals surface area contributed by atoms with Crippen LogP contribution >= 0.6 is 11.3 Å². The topological polar surface area (TPSA) is 62.2 Å². The zero-order valence-electron chi connectivity index (χ0n) is 10.8. The number of aromatic carboxylic acids is 1. The highest BCUT2D eigenvalue weighted by atomic mass is 32.1. The zero-order valence-corrected chi connectivity index (χ0v) is 11.6. The molecule has 0 atom stereocenters. The highest BCUT2D eigenvalue weighted by Crippen LogP contribution is 2.20. The molecule has 0 saturated heterocycles. The van der Waals surface area contributed by atoms with E-state index in [2.05, 4.69) is 11.9 Å². The van der Waals surface area contributed by atoms with Crippen LogP contribution in [-0.2, 0) is 13.0 Å². The summed E-state index contributed by atoms with van der Waals surface area (Å²) in [6.07, 6.45) is 0.987. The van der Waals surface area contributed by atoms with Gasteiger partial charge in [0.05, 0.1) is 16.5 Å². The van der Waals surface area contributed by atoms with Crippen molar-refractivity contribution in [1.29, 1.82) is 0 Å². The van der Waals surface area contributed by atoms with Gasteiger partial charge in [-0.1, -0.05) is 19.1 Å². The number of benzene rings is 1. The van der Waals surface area contributed by atoms with Crippen LogP contribution in [0.4, 0.5) is 0 Å². The second-order valence-electron chi connectivity index (χ2n) is 4.10. The fraction of sp³-hybridized carbons (Fsp3) is 0.286. The number of aromatic nitrogens is 1. The molecule has 0 radical (unpaired) electrons. The second kappa shape index (κ2) is 5.84. The Morgan fingerprint density at radius 2 is 2.05 bits per heavy atom. The minimum Gasteiger partial charge on any atom is -0.544 e. The molecule has 2 aromatic rings. The van der Waals surface area contributed by atoms with Gasteiger partial charge in [0.15, 0.2) is 0 Å². The van der Waals surface area contributed by atoms with Crippen molar-refractivity contribution in [3.8, 4) is 5.75 Å². The first-order chi connectivity index (χ1) is 9.10. The molecular weight excluding hydrogens is 262 g/mol. The highest BCUT2D eigenvalue weighted by Gasteiger charge is 2.08. The Labute approximate surface area is 115 Å². The van der Waals surface area contributed by atoms with Gasteiger partial charge in [-0.25, -0.2) is 4.98 Å². The van der Waals surface area contributed by atoms with Gasteiger partial charge in [-0.15, -0.1) is 11.3 Å². The molecule has 1 heterocycles. The molecule has 5 heteroatoms. The SMILES string of the molecule is CCc1ccc(OCc2nc(C)c(C(=O)[O-])s2)cc1. The Morgan fingerprint density at radius 1 is 1.37 bits per heavy atom. The van der Waals surface area contributed by atoms with Crippen molar-refractivity contribution in [3.63, 3.8) is 0 Å². The number of carbonyl (C=O) groups excluding carboxylic acids is 1. The number of carboxylic acid groups (broad SMARTS) is 1. The predicted octanol–water partition coefficient (Wildman–Crippen LogP) is 1.96. The minimum atomic E-state index is -1.19. The lowest BCUT2D eigenvalue weighted by Gasteiger charge is -2.04. The molecule has 1 aromatic carbocycles.